The number of nitrogens with one attached hydrogen (secondary N) is 1. The Balaban J connectivity index is 2.39. The highest BCUT2D eigenvalue weighted by Crippen LogP contribution is 2.12. The molecule has 0 bridgehead atoms. The Bertz CT molecular complexity index is 151. The summed E-state index contributed by atoms with van der Waals surface area (Å²) >= 11 is 2.12. The number of piperidine rings is 1. The van der Waals surface area contributed by atoms with Gasteiger partial charge in [0.15, 0.2) is 0 Å². The lowest BCUT2D eigenvalue weighted by molar-refractivity contribution is -0.124. The number of amides is 1. The van der Waals surface area contributed by atoms with Crippen LogP contribution in [0.4, 0.5) is 0 Å². The molecule has 2 N–H and O–H groups in total. The fraction of sp³-hybridized carbons (Fsp3) is 0.857. The molecule has 1 saturated heterocycles. The minimum atomic E-state index is -0.375. The molecule has 1 rings (SSSR count). The van der Waals surface area contributed by atoms with Crippen molar-refractivity contribution in [2.24, 2.45) is 0 Å². The predicted molar refractivity (Wildman–Crippen MR) is 50.7 cm³/mol. The van der Waals surface area contributed by atoms with Crippen LogP contribution in [0, 0.1) is 0 Å². The number of halogens is 1. The number of alkyl halides is 1. The molecule has 0 saturated carbocycles. The van der Waals surface area contributed by atoms with Crippen LogP contribution in [0.1, 0.15) is 19.3 Å². The summed E-state index contributed by atoms with van der Waals surface area (Å²) in [4.78, 5) is 10.9. The molecule has 0 aromatic heterocycles. The summed E-state index contributed by atoms with van der Waals surface area (Å²) in [6, 6.07) is -0.00634. The maximum Gasteiger partial charge on any atom is 0.220 e. The Kier molecular flexibility index (Phi) is 3.58. The Labute approximate surface area is 79.7 Å². The summed E-state index contributed by atoms with van der Waals surface area (Å²) in [6.07, 6.45) is 2.06. The second kappa shape index (κ2) is 4.25. The van der Waals surface area contributed by atoms with Gasteiger partial charge in [-0.25, -0.2) is 0 Å². The zero-order valence-electron chi connectivity index (χ0n) is 6.22. The topological polar surface area (TPSA) is 49.3 Å². The fourth-order valence-corrected chi connectivity index (χ4v) is 1.84. The predicted octanol–water partition coefficient (Wildman–Crippen LogP) is 0.451. The summed E-state index contributed by atoms with van der Waals surface area (Å²) in [5.41, 5.74) is 0. The van der Waals surface area contributed by atoms with Gasteiger partial charge in [-0.05, 0) is 12.8 Å². The van der Waals surface area contributed by atoms with Crippen LogP contribution in [-0.2, 0) is 4.79 Å². The van der Waals surface area contributed by atoms with Crippen molar-refractivity contribution in [3.63, 3.8) is 0 Å². The summed E-state index contributed by atoms with van der Waals surface area (Å²) in [6.45, 7) is 0. The quantitative estimate of drug-likeness (QED) is 0.565. The van der Waals surface area contributed by atoms with Crippen LogP contribution in [0.25, 0.3) is 0 Å². The number of aliphatic hydroxyl groups excluding tert-OH is 1. The van der Waals surface area contributed by atoms with Gasteiger partial charge in [0.05, 0.1) is 12.1 Å². The second-order valence-electron chi connectivity index (χ2n) is 2.79. The molecule has 64 valence electrons. The Morgan fingerprint density at radius 1 is 1.82 bits per heavy atom. The van der Waals surface area contributed by atoms with Gasteiger partial charge in [0.1, 0.15) is 0 Å². The zero-order valence-corrected chi connectivity index (χ0v) is 8.37. The van der Waals surface area contributed by atoms with E-state index < -0.39 is 0 Å². The minimum Gasteiger partial charge on any atom is -0.390 e. The standard InChI is InChI=1S/C7H12INO2/c8-4-6(10)5-2-1-3-7(11)9-5/h5-6,10H,1-4H2,(H,9,11)/t5-,6-/m1/s1. The van der Waals surface area contributed by atoms with Gasteiger partial charge in [0.25, 0.3) is 0 Å². The number of aliphatic hydroxyl groups is 1. The van der Waals surface area contributed by atoms with Gasteiger partial charge in [-0.1, -0.05) is 22.6 Å². The summed E-state index contributed by atoms with van der Waals surface area (Å²) in [5, 5.41) is 12.2. The Morgan fingerprint density at radius 2 is 2.55 bits per heavy atom. The summed E-state index contributed by atoms with van der Waals surface area (Å²) in [5.74, 6) is 0.0742. The summed E-state index contributed by atoms with van der Waals surface area (Å²) < 4.78 is 0.683. The highest BCUT2D eigenvalue weighted by molar-refractivity contribution is 14.1. The molecule has 1 aliphatic heterocycles. The minimum absolute atomic E-state index is 0.00634. The largest absolute Gasteiger partial charge is 0.390 e. The first-order valence-corrected chi connectivity index (χ1v) is 5.30. The molecule has 3 nitrogen and oxygen atoms in total. The molecule has 0 unspecified atom stereocenters. The van der Waals surface area contributed by atoms with E-state index in [9.17, 15) is 9.90 Å². The van der Waals surface area contributed by atoms with Crippen molar-refractivity contribution in [1.29, 1.82) is 0 Å². The Hall–Kier alpha value is 0.160. The highest BCUT2D eigenvalue weighted by atomic mass is 127. The van der Waals surface area contributed by atoms with E-state index in [1.165, 1.54) is 0 Å². The third-order valence-corrected chi connectivity index (χ3v) is 2.79. The van der Waals surface area contributed by atoms with Crippen molar-refractivity contribution >= 4 is 28.5 Å². The molecule has 0 aromatic carbocycles. The first-order valence-electron chi connectivity index (χ1n) is 3.77. The summed E-state index contributed by atoms with van der Waals surface area (Å²) in [7, 11) is 0. The van der Waals surface area contributed by atoms with Crippen LogP contribution < -0.4 is 5.32 Å². The maximum atomic E-state index is 10.9. The molecular weight excluding hydrogens is 257 g/mol. The van der Waals surface area contributed by atoms with Crippen molar-refractivity contribution < 1.29 is 9.90 Å². The van der Waals surface area contributed by atoms with E-state index in [4.69, 9.17) is 0 Å². The number of carbonyl (C=O) groups is 1. The molecule has 0 spiro atoms. The molecule has 11 heavy (non-hydrogen) atoms. The van der Waals surface area contributed by atoms with Crippen LogP contribution in [0.15, 0.2) is 0 Å². The first-order chi connectivity index (χ1) is 5.24. The van der Waals surface area contributed by atoms with Crippen molar-refractivity contribution in [3.8, 4) is 0 Å². The van der Waals surface area contributed by atoms with Crippen LogP contribution in [0.2, 0.25) is 0 Å². The zero-order chi connectivity index (χ0) is 8.27. The second-order valence-corrected chi connectivity index (χ2v) is 3.67. The molecule has 0 aromatic rings. The van der Waals surface area contributed by atoms with Gasteiger partial charge < -0.3 is 10.4 Å². The van der Waals surface area contributed by atoms with E-state index in [1.807, 2.05) is 0 Å². The molecular formula is C7H12INO2. The number of rotatable bonds is 2. The smallest absolute Gasteiger partial charge is 0.220 e. The van der Waals surface area contributed by atoms with Gasteiger partial charge in [0.2, 0.25) is 5.91 Å². The SMILES string of the molecule is O=C1CCC[C@H]([C@H](O)CI)N1. The normalized spacial score (nSPS) is 27.8. The highest BCUT2D eigenvalue weighted by Gasteiger charge is 2.23. The molecule has 1 fully saturated rings. The lowest BCUT2D eigenvalue weighted by atomic mass is 10.0. The van der Waals surface area contributed by atoms with Crippen molar-refractivity contribution in [2.45, 2.75) is 31.4 Å². The third kappa shape index (κ3) is 2.59. The molecule has 1 aliphatic rings. The van der Waals surface area contributed by atoms with Crippen LogP contribution in [0.3, 0.4) is 0 Å². The van der Waals surface area contributed by atoms with Crippen molar-refractivity contribution in [2.75, 3.05) is 4.43 Å². The number of carbonyl (C=O) groups excluding carboxylic acids is 1. The van der Waals surface area contributed by atoms with E-state index in [1.54, 1.807) is 0 Å². The Morgan fingerprint density at radius 3 is 3.09 bits per heavy atom. The number of hydrogen-bond donors (Lipinski definition) is 2. The number of hydrogen-bond acceptors (Lipinski definition) is 2. The maximum absolute atomic E-state index is 10.9. The average molecular weight is 269 g/mol. The van der Waals surface area contributed by atoms with Crippen molar-refractivity contribution in [3.05, 3.63) is 0 Å². The fourth-order valence-electron chi connectivity index (χ4n) is 1.23. The monoisotopic (exact) mass is 269 g/mol. The van der Waals surface area contributed by atoms with E-state index in [-0.39, 0.29) is 18.1 Å². The van der Waals surface area contributed by atoms with E-state index in [0.29, 0.717) is 10.8 Å². The molecule has 1 heterocycles. The third-order valence-electron chi connectivity index (χ3n) is 1.89. The van der Waals surface area contributed by atoms with E-state index in [2.05, 4.69) is 27.9 Å². The van der Waals surface area contributed by atoms with Crippen LogP contribution in [-0.4, -0.2) is 27.6 Å². The molecule has 1 amide bonds. The van der Waals surface area contributed by atoms with Gasteiger partial charge in [-0.3, -0.25) is 4.79 Å². The van der Waals surface area contributed by atoms with E-state index >= 15 is 0 Å². The molecule has 0 radical (unpaired) electrons. The van der Waals surface area contributed by atoms with Gasteiger partial charge in [-0.2, -0.15) is 0 Å². The molecule has 2 atom stereocenters. The van der Waals surface area contributed by atoms with Crippen LogP contribution >= 0.6 is 22.6 Å². The van der Waals surface area contributed by atoms with Gasteiger partial charge >= 0.3 is 0 Å². The van der Waals surface area contributed by atoms with E-state index in [0.717, 1.165) is 12.8 Å². The first kappa shape index (κ1) is 9.25. The van der Waals surface area contributed by atoms with Gasteiger partial charge in [-0.15, -0.1) is 0 Å². The van der Waals surface area contributed by atoms with Gasteiger partial charge in [0, 0.05) is 10.8 Å². The molecule has 0 aliphatic carbocycles. The van der Waals surface area contributed by atoms with Crippen LogP contribution in [0.5, 0.6) is 0 Å². The molecule has 4 heteroatoms. The van der Waals surface area contributed by atoms with Crippen molar-refractivity contribution in [1.82, 2.24) is 5.32 Å². The lowest BCUT2D eigenvalue weighted by Gasteiger charge is -2.26. The average Bonchev–Trinajstić information content (AvgIpc) is 2.03. The lowest BCUT2D eigenvalue weighted by Crippen LogP contribution is -2.46.